The molecule has 3 N–H and O–H groups in total. The number of nitrogen functional groups attached to an aromatic ring is 1. The Bertz CT molecular complexity index is 693. The number of carbonyl (C=O) groups is 1. The number of carbonyl (C=O) groups excluding carboxylic acids is 1. The fourth-order valence-corrected chi connectivity index (χ4v) is 3.04. The standard InChI is InChI=1S/C15H16N4OS/c1-9-12(10-5-3-2-4-6-10)13(9)14(20)17-8-7-11-18-19-15(16)21-11/h2-6,13H,7-8H2,1H3,(H2,16,19)(H,17,20)/t13-/m1/s1. The molecule has 1 aliphatic carbocycles. The molecule has 3 rings (SSSR count). The number of benzene rings is 1. The summed E-state index contributed by atoms with van der Waals surface area (Å²) in [7, 11) is 0. The van der Waals surface area contributed by atoms with Gasteiger partial charge in [0.1, 0.15) is 5.01 Å². The van der Waals surface area contributed by atoms with Gasteiger partial charge < -0.3 is 11.1 Å². The summed E-state index contributed by atoms with van der Waals surface area (Å²) in [5, 5.41) is 11.9. The molecule has 6 heteroatoms. The predicted octanol–water partition coefficient (Wildman–Crippen LogP) is 1.88. The number of nitrogens with two attached hydrogens (primary N) is 1. The van der Waals surface area contributed by atoms with E-state index in [0.717, 1.165) is 21.7 Å². The Morgan fingerprint density at radius 1 is 1.33 bits per heavy atom. The lowest BCUT2D eigenvalue weighted by Gasteiger charge is -2.04. The highest BCUT2D eigenvalue weighted by Crippen LogP contribution is 2.46. The van der Waals surface area contributed by atoms with E-state index < -0.39 is 0 Å². The maximum Gasteiger partial charge on any atom is 0.231 e. The molecular formula is C15H16N4OS. The van der Waals surface area contributed by atoms with E-state index >= 15 is 0 Å². The zero-order valence-corrected chi connectivity index (χ0v) is 12.5. The van der Waals surface area contributed by atoms with Gasteiger partial charge in [0.2, 0.25) is 11.0 Å². The van der Waals surface area contributed by atoms with Gasteiger partial charge in [0.15, 0.2) is 0 Å². The van der Waals surface area contributed by atoms with Gasteiger partial charge in [0.05, 0.1) is 5.92 Å². The quantitative estimate of drug-likeness (QED) is 0.883. The lowest BCUT2D eigenvalue weighted by Crippen LogP contribution is -2.28. The van der Waals surface area contributed by atoms with Crippen molar-refractivity contribution in [2.24, 2.45) is 5.92 Å². The van der Waals surface area contributed by atoms with Crippen molar-refractivity contribution >= 4 is 27.9 Å². The Morgan fingerprint density at radius 2 is 2.10 bits per heavy atom. The normalized spacial score (nSPS) is 16.9. The molecule has 1 atom stereocenters. The average Bonchev–Trinajstić information content (AvgIpc) is 2.99. The third kappa shape index (κ3) is 2.95. The van der Waals surface area contributed by atoms with Crippen LogP contribution in [0.5, 0.6) is 0 Å². The first-order chi connectivity index (χ1) is 10.2. The summed E-state index contributed by atoms with van der Waals surface area (Å²) in [5.74, 6) is -0.0178. The van der Waals surface area contributed by atoms with Gasteiger partial charge in [0, 0.05) is 13.0 Å². The van der Waals surface area contributed by atoms with Crippen LogP contribution in [0.2, 0.25) is 0 Å². The lowest BCUT2D eigenvalue weighted by molar-refractivity contribution is -0.121. The van der Waals surface area contributed by atoms with E-state index in [9.17, 15) is 4.79 Å². The molecule has 5 nitrogen and oxygen atoms in total. The number of amides is 1. The molecule has 0 aliphatic heterocycles. The van der Waals surface area contributed by atoms with Crippen LogP contribution in [-0.2, 0) is 11.2 Å². The zero-order valence-electron chi connectivity index (χ0n) is 11.7. The Labute approximate surface area is 126 Å². The van der Waals surface area contributed by atoms with Crippen molar-refractivity contribution in [3.05, 3.63) is 46.5 Å². The molecule has 0 unspecified atom stereocenters. The molecule has 1 aromatic heterocycles. The van der Waals surface area contributed by atoms with Crippen molar-refractivity contribution in [3.63, 3.8) is 0 Å². The average molecular weight is 300 g/mol. The van der Waals surface area contributed by atoms with E-state index in [4.69, 9.17) is 5.73 Å². The van der Waals surface area contributed by atoms with E-state index in [1.165, 1.54) is 11.3 Å². The fourth-order valence-electron chi connectivity index (χ4n) is 2.43. The number of nitrogens with zero attached hydrogens (tertiary/aromatic N) is 2. The van der Waals surface area contributed by atoms with Gasteiger partial charge in [0.25, 0.3) is 0 Å². The summed E-state index contributed by atoms with van der Waals surface area (Å²) in [6.45, 7) is 2.57. The summed E-state index contributed by atoms with van der Waals surface area (Å²) in [6, 6.07) is 10.0. The third-order valence-corrected chi connectivity index (χ3v) is 4.34. The SMILES string of the molecule is CC1=C(c2ccccc2)[C@@H]1C(=O)NCCc1nnc(N)s1. The van der Waals surface area contributed by atoms with Gasteiger partial charge in [-0.05, 0) is 18.1 Å². The molecular weight excluding hydrogens is 284 g/mol. The van der Waals surface area contributed by atoms with Gasteiger partial charge in [-0.25, -0.2) is 0 Å². The molecule has 0 fully saturated rings. The Hall–Kier alpha value is -2.21. The Kier molecular flexibility index (Phi) is 3.70. The first-order valence-electron chi connectivity index (χ1n) is 6.78. The summed E-state index contributed by atoms with van der Waals surface area (Å²) < 4.78 is 0. The Balaban J connectivity index is 1.51. The van der Waals surface area contributed by atoms with Crippen LogP contribution in [0.3, 0.4) is 0 Å². The summed E-state index contributed by atoms with van der Waals surface area (Å²) in [6.07, 6.45) is 0.660. The topological polar surface area (TPSA) is 80.9 Å². The first kappa shape index (κ1) is 13.8. The molecule has 0 radical (unpaired) electrons. The second-order valence-electron chi connectivity index (χ2n) is 4.97. The van der Waals surface area contributed by atoms with E-state index in [2.05, 4.69) is 15.5 Å². The van der Waals surface area contributed by atoms with Gasteiger partial charge in [-0.3, -0.25) is 4.79 Å². The smallest absolute Gasteiger partial charge is 0.231 e. The fraction of sp³-hybridized carbons (Fsp3) is 0.267. The minimum absolute atomic E-state index is 0.0591. The van der Waals surface area contributed by atoms with Gasteiger partial charge in [-0.1, -0.05) is 47.2 Å². The predicted molar refractivity (Wildman–Crippen MR) is 83.6 cm³/mol. The number of hydrogen-bond donors (Lipinski definition) is 2. The van der Waals surface area contributed by atoms with Crippen LogP contribution < -0.4 is 11.1 Å². The molecule has 2 aromatic rings. The highest BCUT2D eigenvalue weighted by atomic mass is 32.1. The monoisotopic (exact) mass is 300 g/mol. The summed E-state index contributed by atoms with van der Waals surface area (Å²) in [5.41, 5.74) is 8.95. The van der Waals surface area contributed by atoms with E-state index in [1.54, 1.807) is 0 Å². The minimum atomic E-state index is -0.0770. The van der Waals surface area contributed by atoms with Crippen molar-refractivity contribution in [3.8, 4) is 0 Å². The molecule has 0 saturated heterocycles. The highest BCUT2D eigenvalue weighted by Gasteiger charge is 2.39. The van der Waals surface area contributed by atoms with E-state index in [-0.39, 0.29) is 11.8 Å². The number of hydrogen-bond acceptors (Lipinski definition) is 5. The minimum Gasteiger partial charge on any atom is -0.374 e. The molecule has 0 spiro atoms. The molecule has 1 aromatic carbocycles. The molecule has 1 aliphatic rings. The number of aromatic nitrogens is 2. The van der Waals surface area contributed by atoms with Crippen LogP contribution in [0.25, 0.3) is 5.57 Å². The molecule has 108 valence electrons. The second-order valence-corrected chi connectivity index (χ2v) is 6.06. The highest BCUT2D eigenvalue weighted by molar-refractivity contribution is 7.15. The number of nitrogens with one attached hydrogen (secondary N) is 1. The van der Waals surface area contributed by atoms with E-state index in [0.29, 0.717) is 18.1 Å². The summed E-state index contributed by atoms with van der Waals surface area (Å²) in [4.78, 5) is 12.2. The molecule has 0 saturated carbocycles. The van der Waals surface area contributed by atoms with Crippen molar-refractivity contribution in [1.82, 2.24) is 15.5 Å². The first-order valence-corrected chi connectivity index (χ1v) is 7.60. The zero-order chi connectivity index (χ0) is 14.8. The lowest BCUT2D eigenvalue weighted by atomic mass is 10.1. The van der Waals surface area contributed by atoms with Crippen LogP contribution in [0.15, 0.2) is 35.9 Å². The molecule has 1 amide bonds. The van der Waals surface area contributed by atoms with Crippen LogP contribution in [0, 0.1) is 5.92 Å². The molecule has 0 bridgehead atoms. The Morgan fingerprint density at radius 3 is 2.76 bits per heavy atom. The molecule has 21 heavy (non-hydrogen) atoms. The van der Waals surface area contributed by atoms with Crippen LogP contribution in [0.1, 0.15) is 17.5 Å². The van der Waals surface area contributed by atoms with Crippen LogP contribution in [-0.4, -0.2) is 22.6 Å². The van der Waals surface area contributed by atoms with Gasteiger partial charge in [-0.2, -0.15) is 0 Å². The van der Waals surface area contributed by atoms with Crippen LogP contribution in [0.4, 0.5) is 5.13 Å². The van der Waals surface area contributed by atoms with Crippen molar-refractivity contribution in [1.29, 1.82) is 0 Å². The summed E-state index contributed by atoms with van der Waals surface area (Å²) >= 11 is 1.36. The number of anilines is 1. The van der Waals surface area contributed by atoms with Crippen molar-refractivity contribution in [2.75, 3.05) is 12.3 Å². The molecule has 1 heterocycles. The van der Waals surface area contributed by atoms with Gasteiger partial charge in [-0.15, -0.1) is 10.2 Å². The maximum absolute atomic E-state index is 12.2. The van der Waals surface area contributed by atoms with Crippen molar-refractivity contribution < 1.29 is 4.79 Å². The third-order valence-electron chi connectivity index (χ3n) is 3.53. The maximum atomic E-state index is 12.2. The van der Waals surface area contributed by atoms with E-state index in [1.807, 2.05) is 37.3 Å². The second kappa shape index (κ2) is 5.65. The number of rotatable bonds is 5. The van der Waals surface area contributed by atoms with Crippen molar-refractivity contribution in [2.45, 2.75) is 13.3 Å². The van der Waals surface area contributed by atoms with Gasteiger partial charge >= 0.3 is 0 Å². The largest absolute Gasteiger partial charge is 0.374 e. The van der Waals surface area contributed by atoms with Crippen LogP contribution >= 0.6 is 11.3 Å².